The van der Waals surface area contributed by atoms with E-state index in [-0.39, 0.29) is 18.7 Å². The molecular formula is C21H24Cl2FN3O. The number of halogens is 3. The Morgan fingerprint density at radius 2 is 1.82 bits per heavy atom. The SMILES string of the molecule is O=C(Nc1ccc(Cl)c(Cl)c1)N(Cc1ccccc1)C1CCN(CCF)CC1. The Morgan fingerprint density at radius 1 is 1.11 bits per heavy atom. The van der Waals surface area contributed by atoms with E-state index in [1.54, 1.807) is 18.2 Å². The third-order valence-electron chi connectivity index (χ3n) is 5.03. The number of benzene rings is 2. The van der Waals surface area contributed by atoms with Crippen molar-refractivity contribution in [3.63, 3.8) is 0 Å². The number of carbonyl (C=O) groups is 1. The number of nitrogens with one attached hydrogen (secondary N) is 1. The summed E-state index contributed by atoms with van der Waals surface area (Å²) < 4.78 is 12.6. The molecular weight excluding hydrogens is 400 g/mol. The van der Waals surface area contributed by atoms with Crippen molar-refractivity contribution in [1.29, 1.82) is 0 Å². The third-order valence-corrected chi connectivity index (χ3v) is 5.77. The van der Waals surface area contributed by atoms with Crippen LogP contribution < -0.4 is 5.32 Å². The lowest BCUT2D eigenvalue weighted by molar-refractivity contribution is 0.119. The van der Waals surface area contributed by atoms with Gasteiger partial charge < -0.3 is 15.1 Å². The molecule has 1 aliphatic heterocycles. The number of urea groups is 1. The fraction of sp³-hybridized carbons (Fsp3) is 0.381. The molecule has 2 aromatic carbocycles. The molecule has 1 aliphatic rings. The average Bonchev–Trinajstić information content (AvgIpc) is 2.71. The van der Waals surface area contributed by atoms with Crippen molar-refractivity contribution in [2.75, 3.05) is 31.6 Å². The molecule has 7 heteroatoms. The van der Waals surface area contributed by atoms with Crippen LogP contribution in [0.2, 0.25) is 10.0 Å². The number of amides is 2. The Bertz CT molecular complexity index is 782. The average molecular weight is 424 g/mol. The van der Waals surface area contributed by atoms with Crippen LogP contribution in [0, 0.1) is 0 Å². The highest BCUT2D eigenvalue weighted by Crippen LogP contribution is 2.26. The second kappa shape index (κ2) is 10.1. The van der Waals surface area contributed by atoms with Crippen molar-refractivity contribution in [2.24, 2.45) is 0 Å². The highest BCUT2D eigenvalue weighted by Gasteiger charge is 2.28. The summed E-state index contributed by atoms with van der Waals surface area (Å²) in [4.78, 5) is 17.1. The first-order valence-electron chi connectivity index (χ1n) is 9.41. The van der Waals surface area contributed by atoms with Gasteiger partial charge in [0.2, 0.25) is 0 Å². The fourth-order valence-corrected chi connectivity index (χ4v) is 3.79. The summed E-state index contributed by atoms with van der Waals surface area (Å²) in [6.07, 6.45) is 1.64. The number of carbonyl (C=O) groups excluding carboxylic acids is 1. The van der Waals surface area contributed by atoms with Gasteiger partial charge in [0, 0.05) is 37.9 Å². The molecule has 0 aromatic heterocycles. The quantitative estimate of drug-likeness (QED) is 0.668. The van der Waals surface area contributed by atoms with Crippen LogP contribution in [0.1, 0.15) is 18.4 Å². The molecule has 0 unspecified atom stereocenters. The second-order valence-corrected chi connectivity index (χ2v) is 7.75. The minimum atomic E-state index is -0.337. The number of likely N-dealkylation sites (tertiary alicyclic amines) is 1. The minimum absolute atomic E-state index is 0.0961. The zero-order valence-corrected chi connectivity index (χ0v) is 17.1. The number of hydrogen-bond donors (Lipinski definition) is 1. The maximum atomic E-state index is 13.1. The number of rotatable bonds is 6. The van der Waals surface area contributed by atoms with E-state index < -0.39 is 0 Å². The number of alkyl halides is 1. The third kappa shape index (κ3) is 5.60. The van der Waals surface area contributed by atoms with E-state index in [1.807, 2.05) is 35.2 Å². The first-order chi connectivity index (χ1) is 13.6. The van der Waals surface area contributed by atoms with Crippen molar-refractivity contribution in [3.05, 3.63) is 64.1 Å². The Kier molecular flexibility index (Phi) is 7.54. The molecule has 0 atom stereocenters. The smallest absolute Gasteiger partial charge is 0.317 e. The Labute approximate surface area is 175 Å². The molecule has 0 bridgehead atoms. The maximum absolute atomic E-state index is 13.1. The molecule has 0 radical (unpaired) electrons. The van der Waals surface area contributed by atoms with E-state index in [4.69, 9.17) is 23.2 Å². The van der Waals surface area contributed by atoms with Crippen LogP contribution in [0.5, 0.6) is 0 Å². The van der Waals surface area contributed by atoms with Gasteiger partial charge in [-0.2, -0.15) is 0 Å². The summed E-state index contributed by atoms with van der Waals surface area (Å²) >= 11 is 12.0. The second-order valence-electron chi connectivity index (χ2n) is 6.93. The first-order valence-corrected chi connectivity index (χ1v) is 10.2. The van der Waals surface area contributed by atoms with Gasteiger partial charge in [-0.25, -0.2) is 9.18 Å². The predicted octanol–water partition coefficient (Wildman–Crippen LogP) is 5.46. The first kappa shape index (κ1) is 20.9. The molecule has 3 rings (SSSR count). The molecule has 1 N–H and O–H groups in total. The molecule has 2 aromatic rings. The lowest BCUT2D eigenvalue weighted by Crippen LogP contribution is -2.48. The number of nitrogens with zero attached hydrogens (tertiary/aromatic N) is 2. The Hall–Kier alpha value is -1.82. The van der Waals surface area contributed by atoms with Crippen molar-refractivity contribution in [3.8, 4) is 0 Å². The molecule has 1 fully saturated rings. The van der Waals surface area contributed by atoms with E-state index in [0.29, 0.717) is 28.8 Å². The fourth-order valence-electron chi connectivity index (χ4n) is 3.49. The normalized spacial score (nSPS) is 15.4. The monoisotopic (exact) mass is 423 g/mol. The van der Waals surface area contributed by atoms with E-state index in [9.17, 15) is 9.18 Å². The van der Waals surface area contributed by atoms with Crippen LogP contribution in [0.15, 0.2) is 48.5 Å². The summed E-state index contributed by atoms with van der Waals surface area (Å²) in [7, 11) is 0. The summed E-state index contributed by atoms with van der Waals surface area (Å²) in [6.45, 7) is 2.22. The highest BCUT2D eigenvalue weighted by molar-refractivity contribution is 6.42. The number of anilines is 1. The minimum Gasteiger partial charge on any atom is -0.317 e. The summed E-state index contributed by atoms with van der Waals surface area (Å²) in [5.41, 5.74) is 1.67. The van der Waals surface area contributed by atoms with Crippen molar-refractivity contribution < 1.29 is 9.18 Å². The van der Waals surface area contributed by atoms with Crippen molar-refractivity contribution in [2.45, 2.75) is 25.4 Å². The molecule has 4 nitrogen and oxygen atoms in total. The summed E-state index contributed by atoms with van der Waals surface area (Å²) in [5.74, 6) is 0. The van der Waals surface area contributed by atoms with Crippen LogP contribution in [-0.4, -0.2) is 48.2 Å². The predicted molar refractivity (Wildman–Crippen MR) is 113 cm³/mol. The van der Waals surface area contributed by atoms with Gasteiger partial charge in [0.1, 0.15) is 6.67 Å². The van der Waals surface area contributed by atoms with Crippen molar-refractivity contribution >= 4 is 34.9 Å². The van der Waals surface area contributed by atoms with E-state index in [2.05, 4.69) is 10.2 Å². The lowest BCUT2D eigenvalue weighted by atomic mass is 10.0. The highest BCUT2D eigenvalue weighted by atomic mass is 35.5. The zero-order chi connectivity index (χ0) is 19.9. The maximum Gasteiger partial charge on any atom is 0.322 e. The molecule has 28 heavy (non-hydrogen) atoms. The molecule has 150 valence electrons. The van der Waals surface area contributed by atoms with Crippen LogP contribution in [0.25, 0.3) is 0 Å². The van der Waals surface area contributed by atoms with Gasteiger partial charge in [-0.1, -0.05) is 53.5 Å². The lowest BCUT2D eigenvalue weighted by Gasteiger charge is -2.38. The molecule has 1 heterocycles. The van der Waals surface area contributed by atoms with Gasteiger partial charge in [0.25, 0.3) is 0 Å². The van der Waals surface area contributed by atoms with Gasteiger partial charge in [-0.3, -0.25) is 0 Å². The molecule has 0 spiro atoms. The largest absolute Gasteiger partial charge is 0.322 e. The summed E-state index contributed by atoms with van der Waals surface area (Å²) in [5, 5.41) is 3.78. The van der Waals surface area contributed by atoms with Crippen LogP contribution in [0.4, 0.5) is 14.9 Å². The Balaban J connectivity index is 1.73. The van der Waals surface area contributed by atoms with Crippen LogP contribution >= 0.6 is 23.2 Å². The zero-order valence-electron chi connectivity index (χ0n) is 15.6. The van der Waals surface area contributed by atoms with Gasteiger partial charge in [0.15, 0.2) is 0 Å². The van der Waals surface area contributed by atoms with Gasteiger partial charge in [-0.05, 0) is 36.6 Å². The Morgan fingerprint density at radius 3 is 2.46 bits per heavy atom. The van der Waals surface area contributed by atoms with Crippen molar-refractivity contribution in [1.82, 2.24) is 9.80 Å². The number of piperidine rings is 1. The number of hydrogen-bond acceptors (Lipinski definition) is 2. The standard InChI is InChI=1S/C21H24Cl2FN3O/c22-19-7-6-17(14-20(19)23)25-21(28)27(15-16-4-2-1-3-5-16)18-8-11-26(12-9-18)13-10-24/h1-7,14,18H,8-13,15H2,(H,25,28). The molecule has 2 amide bonds. The van der Waals surface area contributed by atoms with Gasteiger partial charge in [-0.15, -0.1) is 0 Å². The molecule has 1 saturated heterocycles. The van der Waals surface area contributed by atoms with E-state index >= 15 is 0 Å². The topological polar surface area (TPSA) is 35.6 Å². The molecule has 0 aliphatic carbocycles. The van der Waals surface area contributed by atoms with E-state index in [1.165, 1.54) is 0 Å². The molecule has 0 saturated carbocycles. The van der Waals surface area contributed by atoms with Gasteiger partial charge in [0.05, 0.1) is 10.0 Å². The van der Waals surface area contributed by atoms with Crippen LogP contribution in [0.3, 0.4) is 0 Å². The van der Waals surface area contributed by atoms with E-state index in [0.717, 1.165) is 31.5 Å². The summed E-state index contributed by atoms with van der Waals surface area (Å²) in [6, 6.07) is 14.9. The van der Waals surface area contributed by atoms with Gasteiger partial charge >= 0.3 is 6.03 Å². The van der Waals surface area contributed by atoms with Crippen LogP contribution in [-0.2, 0) is 6.54 Å².